The standard InChI is InChI=1S/C14H21N5O2S/c1-10-9-18(2)16-13(10)8-15-22(20,21)14-11-6-4-5-7-12(11)17-19(14)3/h9,15H,4-8H2,1-3H3. The number of fused-ring (bicyclic) bond motifs is 1. The first kappa shape index (κ1) is 15.2. The Balaban J connectivity index is 1.87. The van der Waals surface area contributed by atoms with Crippen molar-refractivity contribution in [3.8, 4) is 0 Å². The molecular formula is C14H21N5O2S. The van der Waals surface area contributed by atoms with Crippen LogP contribution in [0.1, 0.15) is 35.4 Å². The van der Waals surface area contributed by atoms with Gasteiger partial charge in [0.1, 0.15) is 0 Å². The number of aryl methyl sites for hydroxylation is 4. The Kier molecular flexibility index (Phi) is 3.82. The van der Waals surface area contributed by atoms with Crippen LogP contribution in [0.15, 0.2) is 11.2 Å². The molecule has 0 atom stereocenters. The molecule has 7 nitrogen and oxygen atoms in total. The normalized spacial score (nSPS) is 15.0. The summed E-state index contributed by atoms with van der Waals surface area (Å²) in [5.41, 5.74) is 3.50. The monoisotopic (exact) mass is 323 g/mol. The minimum atomic E-state index is -3.59. The fourth-order valence-corrected chi connectivity index (χ4v) is 4.44. The molecule has 2 aromatic heterocycles. The average Bonchev–Trinajstić information content (AvgIpc) is 2.95. The third-order valence-electron chi connectivity index (χ3n) is 4.06. The lowest BCUT2D eigenvalue weighted by Crippen LogP contribution is -2.27. The zero-order valence-electron chi connectivity index (χ0n) is 13.1. The molecule has 2 heterocycles. The van der Waals surface area contributed by atoms with Crippen molar-refractivity contribution >= 4 is 10.0 Å². The van der Waals surface area contributed by atoms with Crippen LogP contribution in [-0.4, -0.2) is 28.0 Å². The van der Waals surface area contributed by atoms with Crippen LogP contribution >= 0.6 is 0 Å². The van der Waals surface area contributed by atoms with Gasteiger partial charge in [-0.1, -0.05) is 0 Å². The van der Waals surface area contributed by atoms with Gasteiger partial charge >= 0.3 is 0 Å². The van der Waals surface area contributed by atoms with Crippen LogP contribution in [-0.2, 0) is 43.5 Å². The van der Waals surface area contributed by atoms with Crippen molar-refractivity contribution in [1.82, 2.24) is 24.3 Å². The van der Waals surface area contributed by atoms with E-state index >= 15 is 0 Å². The maximum absolute atomic E-state index is 12.7. The highest BCUT2D eigenvalue weighted by Gasteiger charge is 2.28. The third-order valence-corrected chi connectivity index (χ3v) is 5.60. The summed E-state index contributed by atoms with van der Waals surface area (Å²) >= 11 is 0. The fourth-order valence-electron chi connectivity index (χ4n) is 3.05. The molecule has 0 spiro atoms. The Hall–Kier alpha value is -1.67. The van der Waals surface area contributed by atoms with Crippen LogP contribution in [0, 0.1) is 6.92 Å². The molecule has 0 bridgehead atoms. The Morgan fingerprint density at radius 3 is 2.64 bits per heavy atom. The summed E-state index contributed by atoms with van der Waals surface area (Å²) in [5, 5.41) is 8.95. The molecule has 0 saturated carbocycles. The molecule has 0 aliphatic heterocycles. The van der Waals surface area contributed by atoms with E-state index in [0.717, 1.165) is 48.2 Å². The van der Waals surface area contributed by atoms with E-state index < -0.39 is 10.0 Å². The van der Waals surface area contributed by atoms with Crippen molar-refractivity contribution in [3.63, 3.8) is 0 Å². The Morgan fingerprint density at radius 2 is 1.95 bits per heavy atom. The average molecular weight is 323 g/mol. The van der Waals surface area contributed by atoms with Gasteiger partial charge in [-0.15, -0.1) is 0 Å². The molecule has 0 aromatic carbocycles. The van der Waals surface area contributed by atoms with Gasteiger partial charge in [0.05, 0.1) is 17.9 Å². The van der Waals surface area contributed by atoms with Gasteiger partial charge in [-0.3, -0.25) is 9.36 Å². The van der Waals surface area contributed by atoms with Crippen molar-refractivity contribution in [2.24, 2.45) is 14.1 Å². The highest BCUT2D eigenvalue weighted by molar-refractivity contribution is 7.89. The smallest absolute Gasteiger partial charge is 0.258 e. The van der Waals surface area contributed by atoms with Crippen LogP contribution in [0.2, 0.25) is 0 Å². The first-order valence-corrected chi connectivity index (χ1v) is 8.90. The van der Waals surface area contributed by atoms with Crippen molar-refractivity contribution in [2.75, 3.05) is 0 Å². The van der Waals surface area contributed by atoms with Crippen molar-refractivity contribution in [3.05, 3.63) is 28.7 Å². The first-order valence-electron chi connectivity index (χ1n) is 7.42. The van der Waals surface area contributed by atoms with Gasteiger partial charge in [0, 0.05) is 25.9 Å². The van der Waals surface area contributed by atoms with E-state index in [1.165, 1.54) is 4.68 Å². The SMILES string of the molecule is Cc1cn(C)nc1CNS(=O)(=O)c1c2c(nn1C)CCCC2. The molecular weight excluding hydrogens is 302 g/mol. The molecule has 22 heavy (non-hydrogen) atoms. The summed E-state index contributed by atoms with van der Waals surface area (Å²) in [4.78, 5) is 0. The van der Waals surface area contributed by atoms with E-state index in [1.807, 2.05) is 20.2 Å². The number of nitrogens with one attached hydrogen (secondary N) is 1. The summed E-state index contributed by atoms with van der Waals surface area (Å²) in [5.74, 6) is 0. The highest BCUT2D eigenvalue weighted by atomic mass is 32.2. The molecule has 2 aromatic rings. The van der Waals surface area contributed by atoms with E-state index in [4.69, 9.17) is 0 Å². The third kappa shape index (κ3) is 2.68. The molecule has 0 unspecified atom stereocenters. The molecule has 0 fully saturated rings. The number of hydrogen-bond acceptors (Lipinski definition) is 4. The molecule has 0 radical (unpaired) electrons. The molecule has 0 saturated heterocycles. The van der Waals surface area contributed by atoms with E-state index in [2.05, 4.69) is 14.9 Å². The van der Waals surface area contributed by atoms with Gasteiger partial charge in [-0.05, 0) is 38.2 Å². The fraction of sp³-hybridized carbons (Fsp3) is 0.571. The second-order valence-electron chi connectivity index (χ2n) is 5.82. The number of nitrogens with zero attached hydrogens (tertiary/aromatic N) is 4. The predicted octanol–water partition coefficient (Wildman–Crippen LogP) is 0.819. The molecule has 1 aliphatic carbocycles. The topological polar surface area (TPSA) is 81.8 Å². The predicted molar refractivity (Wildman–Crippen MR) is 81.8 cm³/mol. The molecule has 0 amide bonds. The number of aromatic nitrogens is 4. The van der Waals surface area contributed by atoms with E-state index in [0.29, 0.717) is 5.03 Å². The second-order valence-corrected chi connectivity index (χ2v) is 7.50. The second kappa shape index (κ2) is 5.51. The maximum atomic E-state index is 12.7. The molecule has 8 heteroatoms. The number of sulfonamides is 1. The quantitative estimate of drug-likeness (QED) is 0.903. The lowest BCUT2D eigenvalue weighted by molar-refractivity contribution is 0.558. The van der Waals surface area contributed by atoms with E-state index in [9.17, 15) is 8.42 Å². The van der Waals surface area contributed by atoms with E-state index in [1.54, 1.807) is 11.7 Å². The minimum Gasteiger partial charge on any atom is -0.275 e. The van der Waals surface area contributed by atoms with Crippen LogP contribution in [0.4, 0.5) is 0 Å². The summed E-state index contributed by atoms with van der Waals surface area (Å²) < 4.78 is 31.2. The van der Waals surface area contributed by atoms with Crippen molar-refractivity contribution in [1.29, 1.82) is 0 Å². The summed E-state index contributed by atoms with van der Waals surface area (Å²) in [6.45, 7) is 2.11. The van der Waals surface area contributed by atoms with Crippen molar-refractivity contribution < 1.29 is 8.42 Å². The van der Waals surface area contributed by atoms with Crippen LogP contribution < -0.4 is 4.72 Å². The molecule has 1 aliphatic rings. The van der Waals surface area contributed by atoms with Gasteiger partial charge in [0.2, 0.25) is 0 Å². The Bertz CT molecular complexity index is 804. The highest BCUT2D eigenvalue weighted by Crippen LogP contribution is 2.26. The number of rotatable bonds is 4. The summed E-state index contributed by atoms with van der Waals surface area (Å²) in [6.07, 6.45) is 5.60. The molecule has 1 N–H and O–H groups in total. The zero-order valence-corrected chi connectivity index (χ0v) is 13.9. The summed E-state index contributed by atoms with van der Waals surface area (Å²) in [6, 6.07) is 0. The van der Waals surface area contributed by atoms with Crippen LogP contribution in [0.25, 0.3) is 0 Å². The zero-order chi connectivity index (χ0) is 15.9. The number of hydrogen-bond donors (Lipinski definition) is 1. The maximum Gasteiger partial charge on any atom is 0.258 e. The van der Waals surface area contributed by atoms with Gasteiger partial charge in [-0.25, -0.2) is 13.1 Å². The minimum absolute atomic E-state index is 0.189. The Morgan fingerprint density at radius 1 is 1.23 bits per heavy atom. The van der Waals surface area contributed by atoms with Crippen molar-refractivity contribution in [2.45, 2.75) is 44.2 Å². The largest absolute Gasteiger partial charge is 0.275 e. The lowest BCUT2D eigenvalue weighted by Gasteiger charge is -2.12. The molecule has 120 valence electrons. The van der Waals surface area contributed by atoms with Gasteiger partial charge in [0.15, 0.2) is 5.03 Å². The Labute approximate surface area is 130 Å². The van der Waals surface area contributed by atoms with Crippen LogP contribution in [0.5, 0.6) is 0 Å². The lowest BCUT2D eigenvalue weighted by atomic mass is 9.99. The molecule has 3 rings (SSSR count). The van der Waals surface area contributed by atoms with Gasteiger partial charge in [0.25, 0.3) is 10.0 Å². The van der Waals surface area contributed by atoms with E-state index in [-0.39, 0.29) is 6.54 Å². The van der Waals surface area contributed by atoms with Gasteiger partial charge in [-0.2, -0.15) is 10.2 Å². The summed E-state index contributed by atoms with van der Waals surface area (Å²) in [7, 11) is -0.0783. The first-order chi connectivity index (χ1) is 10.4. The van der Waals surface area contributed by atoms with Gasteiger partial charge < -0.3 is 0 Å². The van der Waals surface area contributed by atoms with Crippen LogP contribution in [0.3, 0.4) is 0 Å².